The van der Waals surface area contributed by atoms with Gasteiger partial charge >= 0.3 is 19.8 Å². The van der Waals surface area contributed by atoms with E-state index in [-0.39, 0.29) is 12.8 Å². The molecule has 11 nitrogen and oxygen atoms in total. The van der Waals surface area contributed by atoms with Gasteiger partial charge in [0, 0.05) is 12.8 Å². The highest BCUT2D eigenvalue weighted by molar-refractivity contribution is 7.47. The Kier molecular flexibility index (Phi) is 46.4. The number of carboxylic acids is 1. The lowest BCUT2D eigenvalue weighted by molar-refractivity contribution is -0.147. The van der Waals surface area contributed by atoms with Crippen molar-refractivity contribution in [2.45, 2.75) is 283 Å². The average Bonchev–Trinajstić information content (AvgIpc) is 3.27. The van der Waals surface area contributed by atoms with Crippen LogP contribution in [0.5, 0.6) is 0 Å². The summed E-state index contributed by atoms with van der Waals surface area (Å²) in [7, 11) is -4.76. The van der Waals surface area contributed by atoms with Crippen LogP contribution in [0.2, 0.25) is 0 Å². The summed E-state index contributed by atoms with van der Waals surface area (Å²) >= 11 is 0. The minimum atomic E-state index is -4.76. The molecule has 0 radical (unpaired) electrons. The Labute approximate surface area is 392 Å². The molecular weight excluding hydrogens is 830 g/mol. The fraction of sp³-hybridized carbons (Fsp3) is 0.904. The Balaban J connectivity index is 3.75. The number of carboxylic acid groups (broad SMARTS) is 1. The molecule has 0 rings (SSSR count). The number of nitrogens with one attached hydrogen (secondary N) is 1. The zero-order valence-corrected chi connectivity index (χ0v) is 42.3. The maximum absolute atomic E-state index is 12.3. The first-order chi connectivity index (χ1) is 31.1. The Bertz CT molecular complexity index is 1140. The van der Waals surface area contributed by atoms with Gasteiger partial charge in [-0.05, 0) is 38.5 Å². The maximum atomic E-state index is 12.3. The highest BCUT2D eigenvalue weighted by Crippen LogP contribution is 2.43. The van der Waals surface area contributed by atoms with E-state index < -0.39 is 57.6 Å². The Morgan fingerprint density at radius 1 is 0.484 bits per heavy atom. The van der Waals surface area contributed by atoms with Gasteiger partial charge in [-0.25, -0.2) is 9.36 Å². The van der Waals surface area contributed by atoms with Gasteiger partial charge in [0.25, 0.3) is 0 Å². The summed E-state index contributed by atoms with van der Waals surface area (Å²) in [6.07, 6.45) is 51.0. The van der Waals surface area contributed by atoms with Crippen molar-refractivity contribution in [2.75, 3.05) is 19.8 Å². The summed E-state index contributed by atoms with van der Waals surface area (Å²) in [5.41, 5.74) is 0. The van der Waals surface area contributed by atoms with Crippen LogP contribution in [0.1, 0.15) is 271 Å². The first-order valence-electron chi connectivity index (χ1n) is 26.7. The number of hydrogen-bond donors (Lipinski definition) is 4. The number of carbonyl (C=O) groups is 3. The molecule has 64 heavy (non-hydrogen) atoms. The van der Waals surface area contributed by atoms with Gasteiger partial charge in [-0.3, -0.25) is 18.6 Å². The van der Waals surface area contributed by atoms with Gasteiger partial charge in [-0.1, -0.05) is 231 Å². The van der Waals surface area contributed by atoms with Crippen LogP contribution in [0.4, 0.5) is 0 Å². The molecule has 378 valence electrons. The van der Waals surface area contributed by atoms with Gasteiger partial charge in [0.05, 0.1) is 13.2 Å². The summed E-state index contributed by atoms with van der Waals surface area (Å²) in [4.78, 5) is 46.1. The largest absolute Gasteiger partial charge is 0.480 e. The molecule has 0 saturated heterocycles. The normalized spacial score (nSPS) is 13.6. The lowest BCUT2D eigenvalue weighted by Gasteiger charge is -2.18. The first kappa shape index (κ1) is 62.2. The summed E-state index contributed by atoms with van der Waals surface area (Å²) in [5, 5.41) is 21.9. The fourth-order valence-corrected chi connectivity index (χ4v) is 8.67. The number of unbranched alkanes of at least 4 members (excludes halogenated alkanes) is 35. The molecule has 0 aliphatic heterocycles. The summed E-state index contributed by atoms with van der Waals surface area (Å²) < 4.78 is 27.0. The van der Waals surface area contributed by atoms with Crippen molar-refractivity contribution in [3.05, 3.63) is 12.2 Å². The summed E-state index contributed by atoms with van der Waals surface area (Å²) in [6.45, 7) is 2.64. The number of esters is 1. The Morgan fingerprint density at radius 2 is 0.812 bits per heavy atom. The van der Waals surface area contributed by atoms with E-state index in [0.29, 0.717) is 12.8 Å². The second-order valence-electron chi connectivity index (χ2n) is 18.4. The number of carbonyl (C=O) groups excluding carboxylic acids is 2. The van der Waals surface area contributed by atoms with Crippen LogP contribution in [0.25, 0.3) is 0 Å². The molecule has 0 aromatic rings. The van der Waals surface area contributed by atoms with E-state index in [9.17, 15) is 34.1 Å². The van der Waals surface area contributed by atoms with Crippen LogP contribution in [-0.4, -0.2) is 64.9 Å². The van der Waals surface area contributed by atoms with Crippen LogP contribution in [-0.2, 0) is 32.7 Å². The zero-order chi connectivity index (χ0) is 47.0. The topological polar surface area (TPSA) is 169 Å². The second kappa shape index (κ2) is 47.7. The predicted octanol–water partition coefficient (Wildman–Crippen LogP) is 14.8. The number of phosphoric ester groups is 1. The number of ether oxygens (including phenoxy) is 1. The molecule has 0 saturated carbocycles. The van der Waals surface area contributed by atoms with Gasteiger partial charge < -0.3 is 25.2 Å². The highest BCUT2D eigenvalue weighted by atomic mass is 31.2. The molecular formula is C52H100NO10P. The number of rotatable bonds is 51. The second-order valence-corrected chi connectivity index (χ2v) is 19.9. The number of aliphatic carboxylic acids is 1. The number of phosphoric acid groups is 1. The fourth-order valence-electron chi connectivity index (χ4n) is 7.90. The Hall–Kier alpha value is -1.78. The highest BCUT2D eigenvalue weighted by Gasteiger charge is 2.28. The van der Waals surface area contributed by atoms with E-state index in [1.165, 1.54) is 173 Å². The molecule has 1 amide bonds. The molecule has 0 spiro atoms. The van der Waals surface area contributed by atoms with Crippen LogP contribution in [0.15, 0.2) is 12.2 Å². The molecule has 0 aromatic heterocycles. The third-order valence-electron chi connectivity index (χ3n) is 12.1. The van der Waals surface area contributed by atoms with Crippen molar-refractivity contribution in [2.24, 2.45) is 0 Å². The molecule has 3 unspecified atom stereocenters. The SMILES string of the molecule is CCCCCCCCC/C=C\CCCCCCCC(=O)NC(COP(=O)(O)OCC(O)COC(=O)CCCCCCCCCCCCCCCCCCCCCCCCCC)C(=O)O. The van der Waals surface area contributed by atoms with Crippen molar-refractivity contribution in [1.29, 1.82) is 0 Å². The monoisotopic (exact) mass is 930 g/mol. The third-order valence-corrected chi connectivity index (χ3v) is 13.0. The van der Waals surface area contributed by atoms with Crippen LogP contribution in [0, 0.1) is 0 Å². The summed E-state index contributed by atoms with van der Waals surface area (Å²) in [6, 6.07) is -1.55. The molecule has 0 aromatic carbocycles. The van der Waals surface area contributed by atoms with Gasteiger partial charge in [-0.15, -0.1) is 0 Å². The van der Waals surface area contributed by atoms with E-state index in [4.69, 9.17) is 13.8 Å². The van der Waals surface area contributed by atoms with Gasteiger partial charge in [0.15, 0.2) is 6.04 Å². The van der Waals surface area contributed by atoms with E-state index in [1.54, 1.807) is 0 Å². The lowest BCUT2D eigenvalue weighted by Crippen LogP contribution is -2.43. The molecule has 0 aliphatic carbocycles. The molecule has 0 heterocycles. The van der Waals surface area contributed by atoms with Crippen molar-refractivity contribution in [3.63, 3.8) is 0 Å². The van der Waals surface area contributed by atoms with Crippen molar-refractivity contribution >= 4 is 25.7 Å². The number of aliphatic hydroxyl groups excluding tert-OH is 1. The number of allylic oxidation sites excluding steroid dienone is 2. The zero-order valence-electron chi connectivity index (χ0n) is 41.4. The van der Waals surface area contributed by atoms with E-state index in [0.717, 1.165) is 57.8 Å². The smallest absolute Gasteiger partial charge is 0.472 e. The van der Waals surface area contributed by atoms with E-state index in [2.05, 4.69) is 31.3 Å². The van der Waals surface area contributed by atoms with Gasteiger partial charge in [0.1, 0.15) is 12.7 Å². The molecule has 0 bridgehead atoms. The van der Waals surface area contributed by atoms with Crippen molar-refractivity contribution in [3.8, 4) is 0 Å². The number of amides is 1. The first-order valence-corrected chi connectivity index (χ1v) is 28.2. The van der Waals surface area contributed by atoms with Gasteiger partial charge in [0.2, 0.25) is 5.91 Å². The predicted molar refractivity (Wildman–Crippen MR) is 263 cm³/mol. The minimum absolute atomic E-state index is 0.139. The van der Waals surface area contributed by atoms with E-state index >= 15 is 0 Å². The molecule has 0 aliphatic rings. The van der Waals surface area contributed by atoms with Crippen molar-refractivity contribution in [1.82, 2.24) is 5.32 Å². The number of aliphatic hydroxyl groups is 1. The maximum Gasteiger partial charge on any atom is 0.472 e. The van der Waals surface area contributed by atoms with E-state index in [1.807, 2.05) is 0 Å². The van der Waals surface area contributed by atoms with Gasteiger partial charge in [-0.2, -0.15) is 0 Å². The van der Waals surface area contributed by atoms with Crippen LogP contribution in [0.3, 0.4) is 0 Å². The quantitative estimate of drug-likeness (QED) is 0.0199. The molecule has 4 N–H and O–H groups in total. The molecule has 3 atom stereocenters. The van der Waals surface area contributed by atoms with Crippen LogP contribution >= 0.6 is 7.82 Å². The molecule has 12 heteroatoms. The lowest BCUT2D eigenvalue weighted by atomic mass is 10.0. The van der Waals surface area contributed by atoms with Crippen LogP contribution < -0.4 is 5.32 Å². The van der Waals surface area contributed by atoms with Crippen molar-refractivity contribution < 1.29 is 47.8 Å². The number of hydrogen-bond acceptors (Lipinski definition) is 8. The molecule has 0 fully saturated rings. The minimum Gasteiger partial charge on any atom is -0.480 e. The average molecular weight is 930 g/mol. The standard InChI is InChI=1S/C52H100NO10P/c1-3-5-7-9-11-13-15-17-19-21-22-23-24-25-26-27-28-30-32-34-36-38-40-42-44-51(56)61-45-48(54)46-62-64(59,60)63-47-49(52(57)58)53-50(55)43-41-39-37-35-33-31-29-20-18-16-14-12-10-8-6-4-2/h20,29,48-49,54H,3-19,21-28,30-47H2,1-2H3,(H,53,55)(H,57,58)(H,59,60)/b29-20-. The third kappa shape index (κ3) is 46.7. The summed E-state index contributed by atoms with van der Waals surface area (Å²) in [5.74, 6) is -2.36. The Morgan fingerprint density at radius 3 is 1.19 bits per heavy atom.